The molecule has 3 N–H and O–H groups in total. The van der Waals surface area contributed by atoms with E-state index in [1.165, 1.54) is 0 Å². The molecule has 3 heterocycles. The molecule has 1 saturated heterocycles. The van der Waals surface area contributed by atoms with Crippen LogP contribution in [0.5, 0.6) is 0 Å². The van der Waals surface area contributed by atoms with Gasteiger partial charge in [-0.2, -0.15) is 0 Å². The number of Topliss-reactive ketones (excluding diaryl/α,β-unsaturated/α-hetero) is 1. The number of aliphatic imine (C=N–C) groups is 1. The van der Waals surface area contributed by atoms with Crippen molar-refractivity contribution < 1.29 is 20.0 Å². The first-order chi connectivity index (χ1) is 13.4. The summed E-state index contributed by atoms with van der Waals surface area (Å²) in [6, 6.07) is 3.67. The number of hydrogen-bond donors (Lipinski definition) is 2. The number of nitrogens with zero attached hydrogens (tertiary/aromatic N) is 3. The number of amides is 1. The Kier molecular flexibility index (Phi) is 4.79. The van der Waals surface area contributed by atoms with Gasteiger partial charge in [-0.3, -0.25) is 14.6 Å². The number of carbonyl (C=O) groups is 2. The predicted octanol–water partition coefficient (Wildman–Crippen LogP) is 0.800. The highest BCUT2D eigenvalue weighted by atomic mass is 16.3. The van der Waals surface area contributed by atoms with Crippen molar-refractivity contribution in [3.8, 4) is 0 Å². The summed E-state index contributed by atoms with van der Waals surface area (Å²) in [5.41, 5.74) is 1.48. The first-order valence-electron chi connectivity index (χ1n) is 9.91. The van der Waals surface area contributed by atoms with E-state index in [1.807, 2.05) is 19.9 Å². The molecule has 4 rings (SSSR count). The van der Waals surface area contributed by atoms with Crippen molar-refractivity contribution in [2.24, 2.45) is 16.3 Å². The van der Waals surface area contributed by atoms with Crippen LogP contribution in [-0.2, 0) is 9.59 Å². The minimum absolute atomic E-state index is 0.0774. The first kappa shape index (κ1) is 18.8. The number of aliphatic hydroxyl groups excluding tert-OH is 1. The fourth-order valence-corrected chi connectivity index (χ4v) is 4.69. The van der Waals surface area contributed by atoms with Gasteiger partial charge in [-0.1, -0.05) is 19.9 Å². The molecule has 2 aliphatic heterocycles. The Labute approximate surface area is 164 Å². The van der Waals surface area contributed by atoms with Crippen molar-refractivity contribution in [1.29, 1.82) is 0 Å². The topological polar surface area (TPSA) is 99.5 Å². The van der Waals surface area contributed by atoms with Crippen LogP contribution in [0.15, 0.2) is 41.0 Å². The lowest BCUT2D eigenvalue weighted by Gasteiger charge is -2.41. The van der Waals surface area contributed by atoms with Crippen molar-refractivity contribution >= 4 is 17.4 Å². The van der Waals surface area contributed by atoms with Crippen LogP contribution in [0.25, 0.3) is 0 Å². The highest BCUT2D eigenvalue weighted by Crippen LogP contribution is 2.46. The van der Waals surface area contributed by atoms with E-state index in [0.29, 0.717) is 31.6 Å². The van der Waals surface area contributed by atoms with Crippen LogP contribution in [0, 0.1) is 11.3 Å². The SMILES string of the molecule is CC1(C)CC(=O)C2C(=NC(O)=C(C(=O)N3CC[NH2+]CC3)[C@@H]2c2cccnc2)C1. The van der Waals surface area contributed by atoms with Gasteiger partial charge >= 0.3 is 0 Å². The highest BCUT2D eigenvalue weighted by Gasteiger charge is 2.48. The molecule has 7 heteroatoms. The van der Waals surface area contributed by atoms with Crippen LogP contribution in [0.2, 0.25) is 0 Å². The summed E-state index contributed by atoms with van der Waals surface area (Å²) in [7, 11) is 0. The van der Waals surface area contributed by atoms with E-state index >= 15 is 0 Å². The normalized spacial score (nSPS) is 27.3. The van der Waals surface area contributed by atoms with E-state index in [4.69, 9.17) is 0 Å². The molecule has 1 aromatic heterocycles. The third-order valence-electron chi connectivity index (χ3n) is 5.92. The summed E-state index contributed by atoms with van der Waals surface area (Å²) in [5, 5.41) is 13.0. The van der Waals surface area contributed by atoms with Crippen LogP contribution >= 0.6 is 0 Å². The standard InChI is InChI=1S/C21H26N4O3/c1-21(2)10-14-17(15(26)11-21)16(13-4-3-5-23-12-13)18(19(27)24-14)20(28)25-8-6-22-7-9-25/h3-5,12,16-17,22,27H,6-11H2,1-2H3/p+1/t16-,17?/m1/s1. The Balaban J connectivity index is 1.82. The summed E-state index contributed by atoms with van der Waals surface area (Å²) < 4.78 is 0. The van der Waals surface area contributed by atoms with Crippen LogP contribution in [0.3, 0.4) is 0 Å². The maximum Gasteiger partial charge on any atom is 0.256 e. The Bertz CT molecular complexity index is 854. The highest BCUT2D eigenvalue weighted by molar-refractivity contribution is 6.12. The maximum atomic E-state index is 13.3. The molecule has 0 aromatic carbocycles. The molecule has 0 radical (unpaired) electrons. The molecular weight excluding hydrogens is 356 g/mol. The fraction of sp³-hybridized carbons (Fsp3) is 0.524. The Hall–Kier alpha value is -2.54. The lowest BCUT2D eigenvalue weighted by atomic mass is 9.64. The van der Waals surface area contributed by atoms with E-state index in [0.717, 1.165) is 18.7 Å². The van der Waals surface area contributed by atoms with Crippen molar-refractivity contribution in [1.82, 2.24) is 9.88 Å². The van der Waals surface area contributed by atoms with Gasteiger partial charge in [0, 0.05) is 30.4 Å². The van der Waals surface area contributed by atoms with Gasteiger partial charge in [0.25, 0.3) is 5.91 Å². The van der Waals surface area contributed by atoms with Crippen LogP contribution in [-0.4, -0.2) is 58.6 Å². The van der Waals surface area contributed by atoms with Gasteiger partial charge in [-0.15, -0.1) is 0 Å². The summed E-state index contributed by atoms with van der Waals surface area (Å²) >= 11 is 0. The molecule has 1 amide bonds. The minimum atomic E-state index is -0.539. The number of aliphatic hydroxyl groups is 1. The van der Waals surface area contributed by atoms with E-state index in [2.05, 4.69) is 15.3 Å². The quantitative estimate of drug-likeness (QED) is 0.789. The molecule has 0 bridgehead atoms. The third-order valence-corrected chi connectivity index (χ3v) is 5.92. The molecular formula is C21H27N4O3+. The number of carbonyl (C=O) groups excluding carboxylic acids is 2. The number of hydrogen-bond acceptors (Lipinski definition) is 5. The minimum Gasteiger partial charge on any atom is -0.493 e. The number of rotatable bonds is 2. The van der Waals surface area contributed by atoms with Gasteiger partial charge in [-0.05, 0) is 23.5 Å². The van der Waals surface area contributed by atoms with E-state index in [9.17, 15) is 14.7 Å². The number of piperazine rings is 1. The summed E-state index contributed by atoms with van der Waals surface area (Å²) in [4.78, 5) is 36.8. The second kappa shape index (κ2) is 7.13. The first-order valence-corrected chi connectivity index (χ1v) is 9.91. The molecule has 1 unspecified atom stereocenters. The van der Waals surface area contributed by atoms with Gasteiger partial charge in [-0.25, -0.2) is 4.99 Å². The zero-order chi connectivity index (χ0) is 19.9. The van der Waals surface area contributed by atoms with Crippen molar-refractivity contribution in [2.75, 3.05) is 26.2 Å². The second-order valence-corrected chi connectivity index (χ2v) is 8.72. The van der Waals surface area contributed by atoms with Crippen LogP contribution in [0.4, 0.5) is 0 Å². The summed E-state index contributed by atoms with van der Waals surface area (Å²) in [6.07, 6.45) is 4.42. The van der Waals surface area contributed by atoms with Crippen molar-refractivity contribution in [3.63, 3.8) is 0 Å². The Morgan fingerprint density at radius 3 is 2.68 bits per heavy atom. The molecule has 2 fully saturated rings. The maximum absolute atomic E-state index is 13.3. The smallest absolute Gasteiger partial charge is 0.256 e. The van der Waals surface area contributed by atoms with Gasteiger partial charge in [0.2, 0.25) is 5.88 Å². The predicted molar refractivity (Wildman–Crippen MR) is 104 cm³/mol. The average molecular weight is 383 g/mol. The molecule has 1 aromatic rings. The lowest BCUT2D eigenvalue weighted by molar-refractivity contribution is -0.662. The van der Waals surface area contributed by atoms with Crippen LogP contribution < -0.4 is 5.32 Å². The molecule has 1 saturated carbocycles. The molecule has 28 heavy (non-hydrogen) atoms. The second-order valence-electron chi connectivity index (χ2n) is 8.72. The van der Waals surface area contributed by atoms with E-state index in [-0.39, 0.29) is 28.6 Å². The molecule has 0 spiro atoms. The number of fused-ring (bicyclic) bond motifs is 1. The Morgan fingerprint density at radius 2 is 2.00 bits per heavy atom. The van der Waals surface area contributed by atoms with Crippen molar-refractivity contribution in [2.45, 2.75) is 32.6 Å². The number of ketones is 1. The van der Waals surface area contributed by atoms with E-state index < -0.39 is 11.8 Å². The summed E-state index contributed by atoms with van der Waals surface area (Å²) in [6.45, 7) is 6.99. The zero-order valence-corrected chi connectivity index (χ0v) is 16.4. The van der Waals surface area contributed by atoms with Gasteiger partial charge < -0.3 is 15.3 Å². The van der Waals surface area contributed by atoms with Crippen molar-refractivity contribution in [3.05, 3.63) is 41.5 Å². The molecule has 2 atom stereocenters. The molecule has 7 nitrogen and oxygen atoms in total. The Morgan fingerprint density at radius 1 is 1.25 bits per heavy atom. The number of pyridine rings is 1. The monoisotopic (exact) mass is 383 g/mol. The van der Waals surface area contributed by atoms with E-state index in [1.54, 1.807) is 23.4 Å². The zero-order valence-electron chi connectivity index (χ0n) is 16.4. The fourth-order valence-electron chi connectivity index (χ4n) is 4.69. The number of quaternary nitrogens is 1. The third kappa shape index (κ3) is 3.35. The van der Waals surface area contributed by atoms with Crippen LogP contribution in [0.1, 0.15) is 38.2 Å². The number of aromatic nitrogens is 1. The molecule has 1 aliphatic carbocycles. The summed E-state index contributed by atoms with van der Waals surface area (Å²) in [5.74, 6) is -1.44. The molecule has 3 aliphatic rings. The molecule has 148 valence electrons. The lowest BCUT2D eigenvalue weighted by Crippen LogP contribution is -2.90. The average Bonchev–Trinajstić information content (AvgIpc) is 2.67. The largest absolute Gasteiger partial charge is 0.493 e. The number of nitrogens with two attached hydrogens (primary N) is 1. The van der Waals surface area contributed by atoms with Gasteiger partial charge in [0.1, 0.15) is 5.78 Å². The van der Waals surface area contributed by atoms with Gasteiger partial charge in [0.05, 0.1) is 37.7 Å². The van der Waals surface area contributed by atoms with Gasteiger partial charge in [0.15, 0.2) is 0 Å².